The fraction of sp³-hybridized carbons (Fsp3) is 0.625. The van der Waals surface area contributed by atoms with Gasteiger partial charge >= 0.3 is 6.09 Å². The predicted molar refractivity (Wildman–Crippen MR) is 77.4 cm³/mol. The van der Waals surface area contributed by atoms with E-state index in [1.54, 1.807) is 4.90 Å². The molecule has 0 spiro atoms. The predicted octanol–water partition coefficient (Wildman–Crippen LogP) is 3.23. The molecule has 0 aromatic heterocycles. The summed E-state index contributed by atoms with van der Waals surface area (Å²) in [7, 11) is 0. The van der Waals surface area contributed by atoms with Gasteiger partial charge in [0.05, 0.1) is 0 Å². The number of nitrogens with zero attached hydrogens (tertiary/aromatic N) is 1. The standard InChI is InChI=1S/C16H23NO3/c1-16(2,3)20-15(19)17-10-8-12(9-11-17)13-6-4-5-7-14(13)18/h6,8H,4-5,7,9-11H2,1-3H3. The van der Waals surface area contributed by atoms with Gasteiger partial charge in [0.1, 0.15) is 5.60 Å². The molecule has 1 aliphatic heterocycles. The van der Waals surface area contributed by atoms with Crippen LogP contribution in [0.1, 0.15) is 46.5 Å². The lowest BCUT2D eigenvalue weighted by molar-refractivity contribution is -0.115. The summed E-state index contributed by atoms with van der Waals surface area (Å²) in [6.45, 7) is 6.73. The van der Waals surface area contributed by atoms with Crippen molar-refractivity contribution in [2.24, 2.45) is 0 Å². The smallest absolute Gasteiger partial charge is 0.410 e. The van der Waals surface area contributed by atoms with Crippen LogP contribution in [0.4, 0.5) is 4.79 Å². The maximum atomic E-state index is 12.0. The van der Waals surface area contributed by atoms with Gasteiger partial charge in [-0.2, -0.15) is 0 Å². The average Bonchev–Trinajstić information content (AvgIpc) is 2.37. The lowest BCUT2D eigenvalue weighted by Gasteiger charge is -2.30. The van der Waals surface area contributed by atoms with E-state index in [9.17, 15) is 9.59 Å². The number of amides is 1. The van der Waals surface area contributed by atoms with Crippen molar-refractivity contribution in [2.45, 2.75) is 52.1 Å². The molecule has 1 amide bonds. The van der Waals surface area contributed by atoms with Gasteiger partial charge in [0.2, 0.25) is 0 Å². The topological polar surface area (TPSA) is 46.6 Å². The summed E-state index contributed by atoms with van der Waals surface area (Å²) in [6, 6.07) is 0. The van der Waals surface area contributed by atoms with E-state index in [-0.39, 0.29) is 11.9 Å². The minimum atomic E-state index is -0.469. The number of ether oxygens (including phenoxy) is 1. The van der Waals surface area contributed by atoms with Gasteiger partial charge in [-0.3, -0.25) is 4.79 Å². The molecular formula is C16H23NO3. The highest BCUT2D eigenvalue weighted by molar-refractivity contribution is 6.00. The van der Waals surface area contributed by atoms with Crippen molar-refractivity contribution in [3.63, 3.8) is 0 Å². The molecule has 0 saturated carbocycles. The van der Waals surface area contributed by atoms with Crippen molar-refractivity contribution in [2.75, 3.05) is 13.1 Å². The summed E-state index contributed by atoms with van der Waals surface area (Å²) in [4.78, 5) is 25.5. The monoisotopic (exact) mass is 277 g/mol. The van der Waals surface area contributed by atoms with Gasteiger partial charge in [0.25, 0.3) is 0 Å². The fourth-order valence-electron chi connectivity index (χ4n) is 2.47. The molecule has 1 heterocycles. The molecule has 110 valence electrons. The second-order valence-electron chi connectivity index (χ2n) is 6.34. The van der Waals surface area contributed by atoms with Crippen molar-refractivity contribution in [1.29, 1.82) is 0 Å². The van der Waals surface area contributed by atoms with Crippen molar-refractivity contribution >= 4 is 11.9 Å². The van der Waals surface area contributed by atoms with Crippen molar-refractivity contribution in [3.8, 4) is 0 Å². The fourth-order valence-corrected chi connectivity index (χ4v) is 2.47. The molecule has 20 heavy (non-hydrogen) atoms. The number of rotatable bonds is 1. The van der Waals surface area contributed by atoms with Crippen LogP contribution in [0.5, 0.6) is 0 Å². The number of hydrogen-bond acceptors (Lipinski definition) is 3. The second-order valence-corrected chi connectivity index (χ2v) is 6.34. The largest absolute Gasteiger partial charge is 0.444 e. The first-order valence-electron chi connectivity index (χ1n) is 7.27. The third-order valence-corrected chi connectivity index (χ3v) is 3.46. The Balaban J connectivity index is 1.98. The normalized spacial score (nSPS) is 20.4. The van der Waals surface area contributed by atoms with Crippen LogP contribution in [0.3, 0.4) is 0 Å². The van der Waals surface area contributed by atoms with Gasteiger partial charge in [-0.05, 0) is 45.6 Å². The molecule has 0 saturated heterocycles. The number of hydrogen-bond donors (Lipinski definition) is 0. The first-order chi connectivity index (χ1) is 9.37. The molecule has 4 nitrogen and oxygen atoms in total. The summed E-state index contributed by atoms with van der Waals surface area (Å²) in [5.41, 5.74) is 1.50. The summed E-state index contributed by atoms with van der Waals surface area (Å²) in [5.74, 6) is 0.244. The Kier molecular flexibility index (Phi) is 4.31. The van der Waals surface area contributed by atoms with E-state index in [4.69, 9.17) is 4.74 Å². The van der Waals surface area contributed by atoms with E-state index in [0.717, 1.165) is 30.4 Å². The van der Waals surface area contributed by atoms with Crippen LogP contribution in [-0.4, -0.2) is 35.5 Å². The van der Waals surface area contributed by atoms with Crippen LogP contribution in [0.25, 0.3) is 0 Å². The van der Waals surface area contributed by atoms with Gasteiger partial charge < -0.3 is 9.64 Å². The lowest BCUT2D eigenvalue weighted by atomic mass is 9.89. The third kappa shape index (κ3) is 3.71. The third-order valence-electron chi connectivity index (χ3n) is 3.46. The van der Waals surface area contributed by atoms with Gasteiger partial charge in [-0.25, -0.2) is 4.79 Å². The number of ketones is 1. The van der Waals surface area contributed by atoms with Gasteiger partial charge in [-0.1, -0.05) is 12.2 Å². The highest BCUT2D eigenvalue weighted by Crippen LogP contribution is 2.26. The van der Waals surface area contributed by atoms with Crippen LogP contribution < -0.4 is 0 Å². The van der Waals surface area contributed by atoms with Crippen molar-refractivity contribution in [3.05, 3.63) is 23.3 Å². The molecule has 2 rings (SSSR count). The molecule has 4 heteroatoms. The molecule has 1 aliphatic carbocycles. The zero-order chi connectivity index (χ0) is 14.8. The van der Waals surface area contributed by atoms with E-state index in [1.807, 2.05) is 32.9 Å². The molecule has 0 unspecified atom stereocenters. The number of Topliss-reactive ketones (excluding diaryl/α,β-unsaturated/α-hetero) is 1. The highest BCUT2D eigenvalue weighted by Gasteiger charge is 2.26. The molecule has 2 aliphatic rings. The minimum absolute atomic E-state index is 0.244. The molecule has 0 atom stereocenters. The Bertz CT molecular complexity index is 469. The Morgan fingerprint density at radius 1 is 1.25 bits per heavy atom. The van der Waals surface area contributed by atoms with Gasteiger partial charge in [0, 0.05) is 25.1 Å². The van der Waals surface area contributed by atoms with Crippen molar-refractivity contribution in [1.82, 2.24) is 4.90 Å². The Hall–Kier alpha value is -1.58. The second kappa shape index (κ2) is 5.81. The maximum Gasteiger partial charge on any atom is 0.410 e. The quantitative estimate of drug-likeness (QED) is 0.739. The van der Waals surface area contributed by atoms with E-state index < -0.39 is 5.60 Å². The van der Waals surface area contributed by atoms with Gasteiger partial charge in [-0.15, -0.1) is 0 Å². The first-order valence-corrected chi connectivity index (χ1v) is 7.27. The molecule has 0 radical (unpaired) electrons. The van der Waals surface area contributed by atoms with Crippen molar-refractivity contribution < 1.29 is 14.3 Å². The van der Waals surface area contributed by atoms with E-state index in [2.05, 4.69) is 0 Å². The zero-order valence-corrected chi connectivity index (χ0v) is 12.6. The van der Waals surface area contributed by atoms with E-state index >= 15 is 0 Å². The average molecular weight is 277 g/mol. The van der Waals surface area contributed by atoms with Crippen LogP contribution in [0, 0.1) is 0 Å². The minimum Gasteiger partial charge on any atom is -0.444 e. The first kappa shape index (κ1) is 14.8. The number of allylic oxidation sites excluding steroid dienone is 2. The Morgan fingerprint density at radius 3 is 2.55 bits per heavy atom. The zero-order valence-electron chi connectivity index (χ0n) is 12.6. The maximum absolute atomic E-state index is 12.0. The van der Waals surface area contributed by atoms with Crippen LogP contribution in [-0.2, 0) is 9.53 Å². The summed E-state index contributed by atoms with van der Waals surface area (Å²) < 4.78 is 5.36. The number of carbonyl (C=O) groups excluding carboxylic acids is 2. The van der Waals surface area contributed by atoms with E-state index in [0.29, 0.717) is 19.5 Å². The van der Waals surface area contributed by atoms with Crippen LogP contribution in [0.15, 0.2) is 23.3 Å². The van der Waals surface area contributed by atoms with Gasteiger partial charge in [0.15, 0.2) is 5.78 Å². The number of carbonyl (C=O) groups is 2. The summed E-state index contributed by atoms with van der Waals surface area (Å²) >= 11 is 0. The Labute approximate surface area is 120 Å². The molecule has 0 aromatic rings. The highest BCUT2D eigenvalue weighted by atomic mass is 16.6. The van der Waals surface area contributed by atoms with Crippen LogP contribution in [0.2, 0.25) is 0 Å². The van der Waals surface area contributed by atoms with E-state index in [1.165, 1.54) is 0 Å². The Morgan fingerprint density at radius 2 is 2.00 bits per heavy atom. The van der Waals surface area contributed by atoms with Crippen LogP contribution >= 0.6 is 0 Å². The molecule has 0 aromatic carbocycles. The molecule has 0 fully saturated rings. The summed E-state index contributed by atoms with van der Waals surface area (Å²) in [5, 5.41) is 0. The molecular weight excluding hydrogens is 254 g/mol. The molecule has 0 bridgehead atoms. The molecule has 0 N–H and O–H groups in total. The lowest BCUT2D eigenvalue weighted by Crippen LogP contribution is -2.39. The summed E-state index contributed by atoms with van der Waals surface area (Å²) in [6.07, 6.45) is 7.07. The SMILES string of the molecule is CC(C)(C)OC(=O)N1CC=C(C2=CCCCC2=O)CC1.